The lowest BCUT2D eigenvalue weighted by Gasteiger charge is -2.10. The predicted octanol–water partition coefficient (Wildman–Crippen LogP) is 3.07. The highest BCUT2D eigenvalue weighted by molar-refractivity contribution is 5.91. The van der Waals surface area contributed by atoms with E-state index in [2.05, 4.69) is 10.4 Å². The first-order chi connectivity index (χ1) is 13.3. The Hall–Kier alpha value is -3.81. The first-order valence-electron chi connectivity index (χ1n) is 8.53. The molecule has 0 aliphatic carbocycles. The minimum atomic E-state index is -0.501. The van der Waals surface area contributed by atoms with Crippen molar-refractivity contribution in [2.75, 3.05) is 5.32 Å². The maximum Gasteiger partial charge on any atom is 0.269 e. The van der Waals surface area contributed by atoms with Crippen molar-refractivity contribution >= 4 is 17.3 Å². The van der Waals surface area contributed by atoms with Crippen molar-refractivity contribution in [1.29, 1.82) is 0 Å². The molecule has 1 amide bonds. The molecular weight excluding hydrogens is 360 g/mol. The van der Waals surface area contributed by atoms with Crippen LogP contribution in [0, 0.1) is 24.0 Å². The minimum Gasteiger partial charge on any atom is -0.324 e. The standard InChI is InChI=1S/C20H18N4O4/c1-13-3-5-15(6-4-13)18-9-10-20(26)23(22-18)12-19(25)21-17-8-7-16(24(27)28)11-14(17)2/h3-11H,12H2,1-2H3,(H,21,25). The number of benzene rings is 2. The topological polar surface area (TPSA) is 107 Å². The van der Waals surface area contributed by atoms with Crippen LogP contribution in [0.15, 0.2) is 59.4 Å². The first-order valence-corrected chi connectivity index (χ1v) is 8.53. The van der Waals surface area contributed by atoms with Gasteiger partial charge < -0.3 is 5.32 Å². The fourth-order valence-electron chi connectivity index (χ4n) is 2.67. The van der Waals surface area contributed by atoms with E-state index in [9.17, 15) is 19.7 Å². The Balaban J connectivity index is 1.79. The van der Waals surface area contributed by atoms with Gasteiger partial charge in [-0.15, -0.1) is 0 Å². The van der Waals surface area contributed by atoms with E-state index in [0.717, 1.165) is 15.8 Å². The molecule has 0 unspecified atom stereocenters. The van der Waals surface area contributed by atoms with E-state index in [1.54, 1.807) is 13.0 Å². The number of nitro groups is 1. The van der Waals surface area contributed by atoms with E-state index in [0.29, 0.717) is 16.9 Å². The molecular formula is C20H18N4O4. The summed E-state index contributed by atoms with van der Waals surface area (Å²) in [6.45, 7) is 3.36. The number of hydrogen-bond donors (Lipinski definition) is 1. The SMILES string of the molecule is Cc1ccc(-c2ccc(=O)n(CC(=O)Nc3ccc([N+](=O)[O-])cc3C)n2)cc1. The molecule has 0 atom stereocenters. The predicted molar refractivity (Wildman–Crippen MR) is 105 cm³/mol. The highest BCUT2D eigenvalue weighted by Crippen LogP contribution is 2.21. The smallest absolute Gasteiger partial charge is 0.269 e. The molecule has 0 aliphatic heterocycles. The van der Waals surface area contributed by atoms with Gasteiger partial charge in [-0.25, -0.2) is 4.68 Å². The third-order valence-electron chi connectivity index (χ3n) is 4.20. The normalized spacial score (nSPS) is 10.5. The second-order valence-electron chi connectivity index (χ2n) is 6.38. The van der Waals surface area contributed by atoms with Crippen molar-refractivity contribution in [2.24, 2.45) is 0 Å². The van der Waals surface area contributed by atoms with E-state index >= 15 is 0 Å². The van der Waals surface area contributed by atoms with Crippen molar-refractivity contribution in [3.05, 3.63) is 86.2 Å². The number of aryl methyl sites for hydroxylation is 2. The van der Waals surface area contributed by atoms with Crippen LogP contribution < -0.4 is 10.9 Å². The maximum absolute atomic E-state index is 12.4. The zero-order chi connectivity index (χ0) is 20.3. The summed E-state index contributed by atoms with van der Waals surface area (Å²) in [5.74, 6) is -0.451. The number of non-ortho nitro benzene ring substituents is 1. The number of nitrogens with one attached hydrogen (secondary N) is 1. The van der Waals surface area contributed by atoms with Gasteiger partial charge in [-0.05, 0) is 31.5 Å². The summed E-state index contributed by atoms with van der Waals surface area (Å²) in [6.07, 6.45) is 0. The Morgan fingerprint density at radius 3 is 2.46 bits per heavy atom. The van der Waals surface area contributed by atoms with Crippen LogP contribution in [0.5, 0.6) is 0 Å². The highest BCUT2D eigenvalue weighted by atomic mass is 16.6. The monoisotopic (exact) mass is 378 g/mol. The van der Waals surface area contributed by atoms with Gasteiger partial charge >= 0.3 is 0 Å². The molecule has 1 heterocycles. The van der Waals surface area contributed by atoms with Gasteiger partial charge in [0.1, 0.15) is 6.54 Å². The summed E-state index contributed by atoms with van der Waals surface area (Å²) in [7, 11) is 0. The Morgan fingerprint density at radius 1 is 1.11 bits per heavy atom. The van der Waals surface area contributed by atoms with Crippen LogP contribution in [0.2, 0.25) is 0 Å². The van der Waals surface area contributed by atoms with Crippen molar-refractivity contribution < 1.29 is 9.72 Å². The van der Waals surface area contributed by atoms with Crippen molar-refractivity contribution in [3.63, 3.8) is 0 Å². The molecule has 8 nitrogen and oxygen atoms in total. The second kappa shape index (κ2) is 7.83. The molecule has 142 valence electrons. The maximum atomic E-state index is 12.4. The summed E-state index contributed by atoms with van der Waals surface area (Å²) in [6, 6.07) is 14.8. The van der Waals surface area contributed by atoms with Gasteiger partial charge in [0.05, 0.1) is 10.6 Å². The molecule has 0 spiro atoms. The van der Waals surface area contributed by atoms with Crippen LogP contribution in [-0.2, 0) is 11.3 Å². The average molecular weight is 378 g/mol. The van der Waals surface area contributed by atoms with Gasteiger partial charge in [0, 0.05) is 29.4 Å². The van der Waals surface area contributed by atoms with E-state index < -0.39 is 16.4 Å². The number of nitro benzene ring substituents is 1. The number of amides is 1. The summed E-state index contributed by atoms with van der Waals surface area (Å²) in [5, 5.41) is 17.7. The lowest BCUT2D eigenvalue weighted by Crippen LogP contribution is -2.29. The van der Waals surface area contributed by atoms with E-state index in [-0.39, 0.29) is 12.2 Å². The number of aromatic nitrogens is 2. The molecule has 0 bridgehead atoms. The number of anilines is 1. The molecule has 0 saturated heterocycles. The Labute approximate surface area is 160 Å². The highest BCUT2D eigenvalue weighted by Gasteiger charge is 2.12. The van der Waals surface area contributed by atoms with Gasteiger partial charge in [0.15, 0.2) is 0 Å². The lowest BCUT2D eigenvalue weighted by atomic mass is 10.1. The zero-order valence-electron chi connectivity index (χ0n) is 15.4. The first kappa shape index (κ1) is 19.0. The summed E-state index contributed by atoms with van der Waals surface area (Å²) < 4.78 is 1.09. The third kappa shape index (κ3) is 4.29. The molecule has 1 N–H and O–H groups in total. The zero-order valence-corrected chi connectivity index (χ0v) is 15.4. The molecule has 0 saturated carbocycles. The van der Waals surface area contributed by atoms with Gasteiger partial charge in [-0.1, -0.05) is 29.8 Å². The van der Waals surface area contributed by atoms with Gasteiger partial charge in [0.25, 0.3) is 11.2 Å². The Morgan fingerprint density at radius 2 is 1.82 bits per heavy atom. The van der Waals surface area contributed by atoms with Crippen molar-refractivity contribution in [1.82, 2.24) is 9.78 Å². The average Bonchev–Trinajstić information content (AvgIpc) is 2.65. The molecule has 0 aliphatic rings. The fraction of sp³-hybridized carbons (Fsp3) is 0.150. The van der Waals surface area contributed by atoms with Gasteiger partial charge in [-0.3, -0.25) is 19.7 Å². The molecule has 8 heteroatoms. The number of carbonyl (C=O) groups is 1. The van der Waals surface area contributed by atoms with Crippen LogP contribution in [0.25, 0.3) is 11.3 Å². The van der Waals surface area contributed by atoms with Gasteiger partial charge in [-0.2, -0.15) is 5.10 Å². The molecule has 3 aromatic rings. The molecule has 3 rings (SSSR count). The van der Waals surface area contributed by atoms with Crippen LogP contribution in [0.1, 0.15) is 11.1 Å². The second-order valence-corrected chi connectivity index (χ2v) is 6.38. The summed E-state index contributed by atoms with van der Waals surface area (Å²) >= 11 is 0. The van der Waals surface area contributed by atoms with E-state index in [1.807, 2.05) is 31.2 Å². The van der Waals surface area contributed by atoms with Gasteiger partial charge in [0.2, 0.25) is 5.91 Å². The van der Waals surface area contributed by atoms with Crippen LogP contribution >= 0.6 is 0 Å². The number of nitrogens with zero attached hydrogens (tertiary/aromatic N) is 3. The van der Waals surface area contributed by atoms with Crippen LogP contribution in [0.4, 0.5) is 11.4 Å². The number of carbonyl (C=O) groups excluding carboxylic acids is 1. The molecule has 1 aromatic heterocycles. The molecule has 0 radical (unpaired) electrons. The minimum absolute atomic E-state index is 0.0563. The van der Waals surface area contributed by atoms with Crippen molar-refractivity contribution in [3.8, 4) is 11.3 Å². The fourth-order valence-corrected chi connectivity index (χ4v) is 2.67. The quantitative estimate of drug-likeness (QED) is 0.542. The summed E-state index contributed by atoms with van der Waals surface area (Å²) in [5.41, 5.74) is 3.07. The van der Waals surface area contributed by atoms with Crippen molar-refractivity contribution in [2.45, 2.75) is 20.4 Å². The lowest BCUT2D eigenvalue weighted by molar-refractivity contribution is -0.384. The Kier molecular flexibility index (Phi) is 5.30. The molecule has 0 fully saturated rings. The van der Waals surface area contributed by atoms with Crippen LogP contribution in [0.3, 0.4) is 0 Å². The van der Waals surface area contributed by atoms with E-state index in [1.165, 1.54) is 24.3 Å². The number of hydrogen-bond acceptors (Lipinski definition) is 5. The molecule has 2 aromatic carbocycles. The molecule has 28 heavy (non-hydrogen) atoms. The summed E-state index contributed by atoms with van der Waals surface area (Å²) in [4.78, 5) is 34.7. The third-order valence-corrected chi connectivity index (χ3v) is 4.20. The Bertz CT molecular complexity index is 1100. The van der Waals surface area contributed by atoms with Crippen LogP contribution in [-0.4, -0.2) is 20.6 Å². The number of rotatable bonds is 5. The largest absolute Gasteiger partial charge is 0.324 e. The van der Waals surface area contributed by atoms with E-state index in [4.69, 9.17) is 0 Å².